The molecule has 0 radical (unpaired) electrons. The van der Waals surface area contributed by atoms with E-state index in [0.29, 0.717) is 49.1 Å². The van der Waals surface area contributed by atoms with E-state index in [4.69, 9.17) is 4.55 Å². The Morgan fingerprint density at radius 3 is 2.18 bits per heavy atom. The van der Waals surface area contributed by atoms with Crippen molar-refractivity contribution in [3.63, 3.8) is 0 Å². The first-order valence-corrected chi connectivity index (χ1v) is 15.4. The molecule has 1 N–H and O–H groups in total. The summed E-state index contributed by atoms with van der Waals surface area (Å²) < 4.78 is 52.1. The molecule has 39 heavy (non-hydrogen) atoms. The standard InChI is InChI=1S/C25H23N5O3S.CH4O3S/c31-25(30-15-13-29(14-16-30)23-17-26-11-12-27-23)21-8-6-19(7-9-21)18-34(32,33)22-5-1-3-20-4-2-10-28-24(20)22;1-5(2,3)4/h1-12,17H,13-16,18H2;1H3,(H,2,3,4). The van der Waals surface area contributed by atoms with Crippen LogP contribution in [0.25, 0.3) is 10.9 Å². The Labute approximate surface area is 226 Å². The zero-order chi connectivity index (χ0) is 28.0. The van der Waals surface area contributed by atoms with Crippen molar-refractivity contribution in [2.24, 2.45) is 0 Å². The number of pyridine rings is 1. The number of amides is 1. The van der Waals surface area contributed by atoms with E-state index in [-0.39, 0.29) is 16.6 Å². The number of fused-ring (bicyclic) bond motifs is 1. The molecular formula is C26H27N5O6S2. The number of aromatic nitrogens is 3. The second kappa shape index (κ2) is 11.8. The molecule has 4 aromatic rings. The van der Waals surface area contributed by atoms with Gasteiger partial charge in [0.05, 0.1) is 28.6 Å². The fourth-order valence-electron chi connectivity index (χ4n) is 4.14. The van der Waals surface area contributed by atoms with E-state index >= 15 is 0 Å². The molecule has 0 aliphatic carbocycles. The number of hydrogen-bond donors (Lipinski definition) is 1. The van der Waals surface area contributed by atoms with Crippen molar-refractivity contribution in [1.82, 2.24) is 19.9 Å². The van der Waals surface area contributed by atoms with Gasteiger partial charge in [0.2, 0.25) is 0 Å². The van der Waals surface area contributed by atoms with Crippen LogP contribution >= 0.6 is 0 Å². The van der Waals surface area contributed by atoms with Crippen molar-refractivity contribution in [1.29, 1.82) is 0 Å². The summed E-state index contributed by atoms with van der Waals surface area (Å²) in [6.45, 7) is 2.53. The van der Waals surface area contributed by atoms with Crippen molar-refractivity contribution < 1.29 is 26.2 Å². The molecule has 204 valence electrons. The quantitative estimate of drug-likeness (QED) is 0.355. The second-order valence-electron chi connectivity index (χ2n) is 8.86. The number of piperazine rings is 1. The molecule has 13 heteroatoms. The number of carbonyl (C=O) groups excluding carboxylic acids is 1. The van der Waals surface area contributed by atoms with Gasteiger partial charge < -0.3 is 9.80 Å². The van der Waals surface area contributed by atoms with Crippen molar-refractivity contribution in [2.45, 2.75) is 10.6 Å². The van der Waals surface area contributed by atoms with Gasteiger partial charge in [-0.05, 0) is 29.8 Å². The van der Waals surface area contributed by atoms with E-state index in [1.165, 1.54) is 0 Å². The summed E-state index contributed by atoms with van der Waals surface area (Å²) in [6.07, 6.45) is 7.32. The summed E-state index contributed by atoms with van der Waals surface area (Å²) in [5.41, 5.74) is 1.63. The summed E-state index contributed by atoms with van der Waals surface area (Å²) in [7, 11) is -7.27. The van der Waals surface area contributed by atoms with E-state index in [2.05, 4.69) is 19.9 Å². The predicted octanol–water partition coefficient (Wildman–Crippen LogP) is 2.47. The molecule has 1 saturated heterocycles. The van der Waals surface area contributed by atoms with Gasteiger partial charge in [-0.2, -0.15) is 8.42 Å². The average molecular weight is 570 g/mol. The van der Waals surface area contributed by atoms with Gasteiger partial charge in [-0.25, -0.2) is 13.4 Å². The second-order valence-corrected chi connectivity index (χ2v) is 12.3. The molecule has 2 aromatic carbocycles. The van der Waals surface area contributed by atoms with E-state index in [9.17, 15) is 21.6 Å². The first-order chi connectivity index (χ1) is 18.5. The molecule has 5 rings (SSSR count). The molecule has 0 spiro atoms. The third-order valence-corrected chi connectivity index (χ3v) is 7.64. The van der Waals surface area contributed by atoms with E-state index < -0.39 is 20.0 Å². The van der Waals surface area contributed by atoms with Crippen molar-refractivity contribution in [2.75, 3.05) is 37.3 Å². The van der Waals surface area contributed by atoms with Gasteiger partial charge in [-0.15, -0.1) is 0 Å². The van der Waals surface area contributed by atoms with Crippen LogP contribution in [0.3, 0.4) is 0 Å². The topological polar surface area (TPSA) is 151 Å². The Kier molecular flexibility index (Phi) is 8.53. The Morgan fingerprint density at radius 1 is 0.872 bits per heavy atom. The molecule has 2 aromatic heterocycles. The highest BCUT2D eigenvalue weighted by atomic mass is 32.2. The number of sulfone groups is 1. The summed E-state index contributed by atoms with van der Waals surface area (Å²) >= 11 is 0. The highest BCUT2D eigenvalue weighted by Crippen LogP contribution is 2.24. The number of rotatable bonds is 5. The predicted molar refractivity (Wildman–Crippen MR) is 147 cm³/mol. The number of nitrogens with zero attached hydrogens (tertiary/aromatic N) is 5. The number of hydrogen-bond acceptors (Lipinski definition) is 9. The van der Waals surface area contributed by atoms with Gasteiger partial charge in [-0.1, -0.05) is 30.3 Å². The fraction of sp³-hybridized carbons (Fsp3) is 0.231. The molecule has 1 aliphatic heterocycles. The summed E-state index contributed by atoms with van der Waals surface area (Å²) in [6, 6.07) is 15.6. The van der Waals surface area contributed by atoms with Crippen LogP contribution in [0.5, 0.6) is 0 Å². The van der Waals surface area contributed by atoms with Gasteiger partial charge in [0.1, 0.15) is 5.82 Å². The lowest BCUT2D eigenvalue weighted by molar-refractivity contribution is 0.0746. The normalized spacial score (nSPS) is 14.0. The van der Waals surface area contributed by atoms with Crippen LogP contribution < -0.4 is 4.90 Å². The summed E-state index contributed by atoms with van der Waals surface area (Å²) in [5.74, 6) is 0.585. The molecule has 3 heterocycles. The van der Waals surface area contributed by atoms with E-state index in [0.717, 1.165) is 11.2 Å². The Hall–Kier alpha value is -3.94. The molecule has 0 unspecified atom stereocenters. The lowest BCUT2D eigenvalue weighted by Gasteiger charge is -2.35. The maximum atomic E-state index is 13.1. The summed E-state index contributed by atoms with van der Waals surface area (Å²) in [4.78, 5) is 29.8. The zero-order valence-electron chi connectivity index (χ0n) is 21.1. The van der Waals surface area contributed by atoms with Crippen LogP contribution in [0, 0.1) is 0 Å². The van der Waals surface area contributed by atoms with Gasteiger partial charge in [-0.3, -0.25) is 19.3 Å². The third-order valence-electron chi connectivity index (χ3n) is 5.93. The Bertz CT molecular complexity index is 1640. The maximum Gasteiger partial charge on any atom is 0.261 e. The largest absolute Gasteiger partial charge is 0.352 e. The molecule has 0 saturated carbocycles. The molecule has 1 amide bonds. The Morgan fingerprint density at radius 2 is 1.54 bits per heavy atom. The van der Waals surface area contributed by atoms with Crippen LogP contribution in [0.1, 0.15) is 15.9 Å². The van der Waals surface area contributed by atoms with E-state index in [1.807, 2.05) is 12.1 Å². The number of benzene rings is 2. The summed E-state index contributed by atoms with van der Waals surface area (Å²) in [5, 5.41) is 0.781. The number of carbonyl (C=O) groups is 1. The lowest BCUT2D eigenvalue weighted by Crippen LogP contribution is -2.49. The van der Waals surface area contributed by atoms with Crippen LogP contribution in [0.4, 0.5) is 5.82 Å². The first kappa shape index (κ1) is 28.1. The Balaban J connectivity index is 0.000000648. The van der Waals surface area contributed by atoms with Crippen LogP contribution in [-0.2, 0) is 25.7 Å². The van der Waals surface area contributed by atoms with Gasteiger partial charge >= 0.3 is 0 Å². The van der Waals surface area contributed by atoms with Crippen LogP contribution in [-0.4, -0.2) is 79.6 Å². The molecular weight excluding hydrogens is 542 g/mol. The smallest absolute Gasteiger partial charge is 0.261 e. The van der Waals surface area contributed by atoms with Crippen molar-refractivity contribution >= 4 is 42.6 Å². The highest BCUT2D eigenvalue weighted by Gasteiger charge is 2.24. The van der Waals surface area contributed by atoms with Gasteiger partial charge in [0, 0.05) is 55.7 Å². The van der Waals surface area contributed by atoms with Crippen molar-refractivity contribution in [3.05, 3.63) is 90.5 Å². The molecule has 1 fully saturated rings. The first-order valence-electron chi connectivity index (χ1n) is 11.9. The molecule has 11 nitrogen and oxygen atoms in total. The SMILES string of the molecule is CS(=O)(=O)O.O=C(c1ccc(CS(=O)(=O)c2cccc3cccnc23)cc1)N1CCN(c2cnccn2)CC1. The van der Waals surface area contributed by atoms with Gasteiger partial charge in [0.25, 0.3) is 16.0 Å². The minimum absolute atomic E-state index is 0.0635. The zero-order valence-corrected chi connectivity index (χ0v) is 22.7. The number of anilines is 1. The molecule has 0 atom stereocenters. The minimum Gasteiger partial charge on any atom is -0.352 e. The van der Waals surface area contributed by atoms with Gasteiger partial charge in [0.15, 0.2) is 9.84 Å². The van der Waals surface area contributed by atoms with E-state index in [1.54, 1.807) is 72.2 Å². The monoisotopic (exact) mass is 569 g/mol. The van der Waals surface area contributed by atoms with Crippen LogP contribution in [0.2, 0.25) is 0 Å². The minimum atomic E-state index is -3.67. The fourth-order valence-corrected chi connectivity index (χ4v) is 5.68. The molecule has 1 aliphatic rings. The number of para-hydroxylation sites is 1. The van der Waals surface area contributed by atoms with Crippen LogP contribution in [0.15, 0.2) is 84.3 Å². The lowest BCUT2D eigenvalue weighted by atomic mass is 10.1. The maximum absolute atomic E-state index is 13.1. The third kappa shape index (κ3) is 7.56. The highest BCUT2D eigenvalue weighted by molar-refractivity contribution is 7.90. The van der Waals surface area contributed by atoms with Crippen molar-refractivity contribution in [3.8, 4) is 0 Å². The average Bonchev–Trinajstić information content (AvgIpc) is 2.92. The molecule has 0 bridgehead atoms.